The van der Waals surface area contributed by atoms with Crippen molar-refractivity contribution in [1.29, 1.82) is 0 Å². The number of nitrogens with two attached hydrogens (primary N) is 2. The molecular weight excluding hydrogens is 439 g/mol. The van der Waals surface area contributed by atoms with Gasteiger partial charge >= 0.3 is 0 Å². The molecule has 1 fully saturated rings. The van der Waals surface area contributed by atoms with Gasteiger partial charge in [0.1, 0.15) is 15.5 Å². The van der Waals surface area contributed by atoms with Gasteiger partial charge in [-0.3, -0.25) is 9.18 Å². The number of amides is 1. The molecule has 4 heterocycles. The van der Waals surface area contributed by atoms with Gasteiger partial charge in [0.15, 0.2) is 0 Å². The second-order valence-corrected chi connectivity index (χ2v) is 10.6. The molecule has 1 amide bonds. The molecule has 3 atom stereocenters. The molecule has 1 saturated heterocycles. The van der Waals surface area contributed by atoms with Crippen molar-refractivity contribution in [3.05, 3.63) is 46.1 Å². The summed E-state index contributed by atoms with van der Waals surface area (Å²) in [6.45, 7) is 4.56. The predicted molar refractivity (Wildman–Crippen MR) is 131 cm³/mol. The smallest absolute Gasteiger partial charge is 0.263 e. The van der Waals surface area contributed by atoms with Crippen molar-refractivity contribution in [2.75, 3.05) is 30.4 Å². The highest BCUT2D eigenvalue weighted by Crippen LogP contribution is 2.34. The zero-order valence-electron chi connectivity index (χ0n) is 18.9. The van der Waals surface area contributed by atoms with Crippen LogP contribution >= 0.6 is 11.3 Å². The maximum absolute atomic E-state index is 13.5. The number of thiophene rings is 1. The minimum Gasteiger partial charge on any atom is -0.397 e. The average molecular weight is 469 g/mol. The van der Waals surface area contributed by atoms with Crippen molar-refractivity contribution in [3.8, 4) is 0 Å². The van der Waals surface area contributed by atoms with E-state index in [1.807, 2.05) is 32.0 Å². The van der Waals surface area contributed by atoms with Crippen LogP contribution in [-0.2, 0) is 12.8 Å². The molecule has 0 saturated carbocycles. The number of fused-ring (bicyclic) bond motifs is 2. The van der Waals surface area contributed by atoms with Gasteiger partial charge in [-0.25, -0.2) is 9.97 Å². The number of nitrogens with zero attached hydrogens (tertiary/aromatic N) is 3. The maximum atomic E-state index is 13.5. The third-order valence-electron chi connectivity index (χ3n) is 7.02. The van der Waals surface area contributed by atoms with E-state index in [0.717, 1.165) is 52.2 Å². The topological polar surface area (TPSA) is 110 Å². The molecule has 0 aromatic carbocycles. The number of pyridine rings is 2. The number of hydrogen-bond donors (Lipinski definition) is 3. The van der Waals surface area contributed by atoms with E-state index >= 15 is 0 Å². The van der Waals surface area contributed by atoms with Gasteiger partial charge in [-0.1, -0.05) is 13.0 Å². The molecule has 5 rings (SSSR count). The maximum Gasteiger partial charge on any atom is 0.263 e. The van der Waals surface area contributed by atoms with Crippen LogP contribution in [-0.4, -0.2) is 47.7 Å². The molecule has 2 aliphatic rings. The largest absolute Gasteiger partial charge is 0.397 e. The zero-order valence-corrected chi connectivity index (χ0v) is 19.7. The van der Waals surface area contributed by atoms with Crippen LogP contribution in [0.25, 0.3) is 10.2 Å². The molecular formula is C24H29FN6OS. The SMILES string of the molecule is Cc1ccc2c(N)c(C(=O)N[C@H]3CCc4nc(N5C[C@H](N)[C@](C)(CF)C5)ccc4C3)sc2n1. The molecule has 0 unspecified atom stereocenters. The van der Waals surface area contributed by atoms with Crippen LogP contribution < -0.4 is 21.7 Å². The number of nitrogens with one attached hydrogen (secondary N) is 1. The third kappa shape index (κ3) is 3.93. The average Bonchev–Trinajstić information content (AvgIpc) is 3.29. The predicted octanol–water partition coefficient (Wildman–Crippen LogP) is 2.99. The number of hydrogen-bond acceptors (Lipinski definition) is 7. The molecule has 0 spiro atoms. The first-order chi connectivity index (χ1) is 15.8. The van der Waals surface area contributed by atoms with E-state index in [2.05, 4.69) is 21.3 Å². The first-order valence-electron chi connectivity index (χ1n) is 11.3. The van der Waals surface area contributed by atoms with E-state index in [1.165, 1.54) is 11.3 Å². The lowest BCUT2D eigenvalue weighted by Crippen LogP contribution is -2.39. The summed E-state index contributed by atoms with van der Waals surface area (Å²) < 4.78 is 13.5. The second kappa shape index (κ2) is 8.22. The number of carbonyl (C=O) groups is 1. The van der Waals surface area contributed by atoms with Crippen LogP contribution in [0.4, 0.5) is 15.9 Å². The van der Waals surface area contributed by atoms with Crippen LogP contribution in [0.1, 0.15) is 40.0 Å². The molecule has 3 aromatic heterocycles. The Hall–Kier alpha value is -2.78. The normalized spacial score (nSPS) is 24.8. The molecule has 1 aliphatic heterocycles. The van der Waals surface area contributed by atoms with Gasteiger partial charge in [0.2, 0.25) is 0 Å². The van der Waals surface area contributed by atoms with Gasteiger partial charge in [-0.2, -0.15) is 0 Å². The van der Waals surface area contributed by atoms with Gasteiger partial charge in [-0.05, 0) is 49.9 Å². The summed E-state index contributed by atoms with van der Waals surface area (Å²) in [4.78, 5) is 25.7. The monoisotopic (exact) mass is 468 g/mol. The van der Waals surface area contributed by atoms with Crippen LogP contribution in [0.15, 0.2) is 24.3 Å². The summed E-state index contributed by atoms with van der Waals surface area (Å²) in [6, 6.07) is 7.70. The van der Waals surface area contributed by atoms with Gasteiger partial charge in [0, 0.05) is 47.4 Å². The van der Waals surface area contributed by atoms with E-state index in [9.17, 15) is 9.18 Å². The van der Waals surface area contributed by atoms with Crippen LogP contribution in [0, 0.1) is 12.3 Å². The van der Waals surface area contributed by atoms with E-state index in [0.29, 0.717) is 23.7 Å². The summed E-state index contributed by atoms with van der Waals surface area (Å²) in [7, 11) is 0. The summed E-state index contributed by atoms with van der Waals surface area (Å²) >= 11 is 1.34. The summed E-state index contributed by atoms with van der Waals surface area (Å²) in [5.74, 6) is 0.701. The Kier molecular flexibility index (Phi) is 5.49. The molecule has 7 nitrogen and oxygen atoms in total. The van der Waals surface area contributed by atoms with E-state index in [1.54, 1.807) is 0 Å². The number of nitrogen functional groups attached to an aromatic ring is 1. The number of alkyl halides is 1. The van der Waals surface area contributed by atoms with Crippen LogP contribution in [0.3, 0.4) is 0 Å². The number of carbonyl (C=O) groups excluding carboxylic acids is 1. The lowest BCUT2D eigenvalue weighted by atomic mass is 9.87. The van der Waals surface area contributed by atoms with E-state index in [4.69, 9.17) is 16.5 Å². The molecule has 3 aromatic rings. The van der Waals surface area contributed by atoms with E-state index in [-0.39, 0.29) is 18.0 Å². The number of aryl methyl sites for hydroxylation is 2. The fraction of sp³-hybridized carbons (Fsp3) is 0.458. The lowest BCUT2D eigenvalue weighted by molar-refractivity contribution is 0.0938. The lowest BCUT2D eigenvalue weighted by Gasteiger charge is -2.27. The molecule has 0 radical (unpaired) electrons. The van der Waals surface area contributed by atoms with Gasteiger partial charge in [0.05, 0.1) is 12.4 Å². The van der Waals surface area contributed by atoms with E-state index < -0.39 is 12.1 Å². The van der Waals surface area contributed by atoms with Crippen molar-refractivity contribution < 1.29 is 9.18 Å². The van der Waals surface area contributed by atoms with Gasteiger partial charge in [0.25, 0.3) is 5.91 Å². The molecule has 33 heavy (non-hydrogen) atoms. The highest BCUT2D eigenvalue weighted by Gasteiger charge is 2.41. The minimum atomic E-state index is -0.532. The molecule has 5 N–H and O–H groups in total. The summed E-state index contributed by atoms with van der Waals surface area (Å²) in [6.07, 6.45) is 2.30. The minimum absolute atomic E-state index is 0.0204. The van der Waals surface area contributed by atoms with Crippen molar-refractivity contribution in [1.82, 2.24) is 15.3 Å². The van der Waals surface area contributed by atoms with Crippen molar-refractivity contribution in [2.45, 2.75) is 45.2 Å². The Balaban J connectivity index is 1.28. The molecule has 0 bridgehead atoms. The number of halogens is 1. The number of rotatable bonds is 4. The van der Waals surface area contributed by atoms with Crippen LogP contribution in [0.2, 0.25) is 0 Å². The van der Waals surface area contributed by atoms with Crippen LogP contribution in [0.5, 0.6) is 0 Å². The summed E-state index contributed by atoms with van der Waals surface area (Å²) in [5, 5.41) is 3.98. The van der Waals surface area contributed by atoms with Crippen molar-refractivity contribution in [2.24, 2.45) is 11.1 Å². The Morgan fingerprint density at radius 2 is 2.15 bits per heavy atom. The zero-order chi connectivity index (χ0) is 23.3. The second-order valence-electron chi connectivity index (χ2n) is 9.61. The Morgan fingerprint density at radius 1 is 1.33 bits per heavy atom. The van der Waals surface area contributed by atoms with Crippen molar-refractivity contribution in [3.63, 3.8) is 0 Å². The molecule has 1 aliphatic carbocycles. The number of aromatic nitrogens is 2. The fourth-order valence-corrected chi connectivity index (χ4v) is 5.84. The first-order valence-corrected chi connectivity index (χ1v) is 12.1. The third-order valence-corrected chi connectivity index (χ3v) is 8.13. The Morgan fingerprint density at radius 3 is 2.91 bits per heavy atom. The quantitative estimate of drug-likeness (QED) is 0.543. The van der Waals surface area contributed by atoms with Gasteiger partial charge in [-0.15, -0.1) is 11.3 Å². The van der Waals surface area contributed by atoms with Gasteiger partial charge < -0.3 is 21.7 Å². The first kappa shape index (κ1) is 22.0. The highest BCUT2D eigenvalue weighted by atomic mass is 32.1. The fourth-order valence-electron chi connectivity index (χ4n) is 4.80. The number of anilines is 2. The Bertz CT molecular complexity index is 1230. The standard InChI is InChI=1S/C24H29FN6OS/c1-13-3-6-16-20(27)21(33-23(16)28-13)22(32)29-15-5-7-17-14(9-15)4-8-19(30-17)31-10-18(26)24(2,11-25)12-31/h3-4,6,8,15,18H,5,7,9-12,26-27H2,1-2H3,(H,29,32)/t15-,18-,24+/m0/s1. The van der Waals surface area contributed by atoms with Crippen molar-refractivity contribution >= 4 is 39.0 Å². The molecule has 174 valence electrons. The summed E-state index contributed by atoms with van der Waals surface area (Å²) in [5.41, 5.74) is 15.5. The molecule has 9 heteroatoms. The Labute approximate surface area is 196 Å². The highest BCUT2D eigenvalue weighted by molar-refractivity contribution is 7.21.